The lowest BCUT2D eigenvalue weighted by atomic mass is 10.0. The van der Waals surface area contributed by atoms with Crippen molar-refractivity contribution in [2.75, 3.05) is 0 Å². The van der Waals surface area contributed by atoms with Crippen LogP contribution in [0.3, 0.4) is 0 Å². The lowest BCUT2D eigenvalue weighted by Crippen LogP contribution is -1.95. The molecule has 0 heterocycles. The smallest absolute Gasteiger partial charge is 0.207 e. The fraction of sp³-hybridized carbons (Fsp3) is 0. The quantitative estimate of drug-likeness (QED) is 0.543. The van der Waals surface area contributed by atoms with Crippen LogP contribution in [0.1, 0.15) is 0 Å². The van der Waals surface area contributed by atoms with Crippen molar-refractivity contribution in [2.24, 2.45) is 0 Å². The van der Waals surface area contributed by atoms with Gasteiger partial charge in [0.15, 0.2) is 17.3 Å². The summed E-state index contributed by atoms with van der Waals surface area (Å²) < 4.78 is 39.8. The summed E-state index contributed by atoms with van der Waals surface area (Å²) in [5.41, 5.74) is -1.06. The average molecular weight is 256 g/mol. The monoisotopic (exact) mass is 256 g/mol. The Morgan fingerprint density at radius 2 is 1.28 bits per heavy atom. The van der Waals surface area contributed by atoms with Crippen LogP contribution in [0.25, 0.3) is 11.1 Å². The van der Waals surface area contributed by atoms with Crippen molar-refractivity contribution in [1.29, 1.82) is 0 Å². The largest absolute Gasteiger partial charge is 0.507 e. The van der Waals surface area contributed by atoms with Crippen LogP contribution in [0.4, 0.5) is 13.2 Å². The molecule has 0 aliphatic rings. The summed E-state index contributed by atoms with van der Waals surface area (Å²) in [5.74, 6) is -8.53. The van der Waals surface area contributed by atoms with Gasteiger partial charge in [0.05, 0.1) is 5.56 Å². The van der Waals surface area contributed by atoms with Crippen molar-refractivity contribution in [2.45, 2.75) is 0 Å². The predicted molar refractivity (Wildman–Crippen MR) is 56.7 cm³/mol. The third kappa shape index (κ3) is 1.62. The molecule has 2 rings (SSSR count). The lowest BCUT2D eigenvalue weighted by Gasteiger charge is -2.11. The van der Waals surface area contributed by atoms with Crippen LogP contribution >= 0.6 is 0 Å². The molecule has 0 aromatic heterocycles. The third-order valence-corrected chi connectivity index (χ3v) is 2.45. The summed E-state index contributed by atoms with van der Waals surface area (Å²) in [5, 5.41) is 27.9. The van der Waals surface area contributed by atoms with Gasteiger partial charge in [0.2, 0.25) is 11.6 Å². The van der Waals surface area contributed by atoms with Crippen LogP contribution < -0.4 is 0 Å². The van der Waals surface area contributed by atoms with Gasteiger partial charge in [-0.05, 0) is 6.07 Å². The van der Waals surface area contributed by atoms with Gasteiger partial charge in [0.1, 0.15) is 5.75 Å². The highest BCUT2D eigenvalue weighted by Crippen LogP contribution is 2.43. The molecule has 0 aliphatic heterocycles. The number of phenols is 3. The van der Waals surface area contributed by atoms with Gasteiger partial charge in [0.25, 0.3) is 0 Å². The highest BCUT2D eigenvalue weighted by molar-refractivity contribution is 5.77. The van der Waals surface area contributed by atoms with E-state index in [9.17, 15) is 23.4 Å². The molecule has 0 fully saturated rings. The Labute approximate surface area is 99.4 Å². The molecular formula is C12H7F3O3. The van der Waals surface area contributed by atoms with E-state index in [1.54, 1.807) is 0 Å². The first kappa shape index (κ1) is 12.1. The SMILES string of the molecule is Oc1ccccc1-c1c(O)c(F)c(F)c(O)c1F. The van der Waals surface area contributed by atoms with Crippen molar-refractivity contribution in [3.05, 3.63) is 41.7 Å². The van der Waals surface area contributed by atoms with Gasteiger partial charge >= 0.3 is 0 Å². The van der Waals surface area contributed by atoms with E-state index in [2.05, 4.69) is 0 Å². The van der Waals surface area contributed by atoms with E-state index in [1.165, 1.54) is 24.3 Å². The molecule has 0 saturated heterocycles. The molecule has 2 aromatic rings. The maximum atomic E-state index is 13.6. The number of hydrogen-bond donors (Lipinski definition) is 3. The molecule has 6 heteroatoms. The van der Waals surface area contributed by atoms with Crippen LogP contribution in [-0.4, -0.2) is 15.3 Å². The first-order valence-electron chi connectivity index (χ1n) is 4.82. The van der Waals surface area contributed by atoms with E-state index in [1.807, 2.05) is 0 Å². The summed E-state index contributed by atoms with van der Waals surface area (Å²) >= 11 is 0. The lowest BCUT2D eigenvalue weighted by molar-refractivity contribution is 0.353. The Bertz CT molecular complexity index is 597. The number of benzene rings is 2. The Hall–Kier alpha value is -2.37. The first-order valence-corrected chi connectivity index (χ1v) is 4.82. The zero-order valence-corrected chi connectivity index (χ0v) is 8.78. The van der Waals surface area contributed by atoms with E-state index in [0.717, 1.165) is 0 Å². The molecule has 0 bridgehead atoms. The first-order chi connectivity index (χ1) is 8.45. The summed E-state index contributed by atoms with van der Waals surface area (Å²) in [7, 11) is 0. The second-order valence-electron chi connectivity index (χ2n) is 3.53. The van der Waals surface area contributed by atoms with E-state index in [0.29, 0.717) is 0 Å². The van der Waals surface area contributed by atoms with E-state index >= 15 is 0 Å². The van der Waals surface area contributed by atoms with E-state index in [4.69, 9.17) is 5.11 Å². The maximum absolute atomic E-state index is 13.6. The van der Waals surface area contributed by atoms with Gasteiger partial charge in [-0.2, -0.15) is 8.78 Å². The van der Waals surface area contributed by atoms with Crippen molar-refractivity contribution < 1.29 is 28.5 Å². The van der Waals surface area contributed by atoms with Crippen LogP contribution in [0.5, 0.6) is 17.2 Å². The molecular weight excluding hydrogens is 249 g/mol. The second-order valence-corrected chi connectivity index (χ2v) is 3.53. The standard InChI is InChI=1S/C12H7F3O3/c13-8-7(5-3-1-2-4-6(5)16)11(17)9(14)10(15)12(8)18/h1-4,16-18H. The Morgan fingerprint density at radius 1 is 0.722 bits per heavy atom. The van der Waals surface area contributed by atoms with Gasteiger partial charge in [-0.25, -0.2) is 4.39 Å². The van der Waals surface area contributed by atoms with E-state index < -0.39 is 40.3 Å². The number of halogens is 3. The molecule has 0 amide bonds. The molecule has 18 heavy (non-hydrogen) atoms. The highest BCUT2D eigenvalue weighted by atomic mass is 19.2. The average Bonchev–Trinajstić information content (AvgIpc) is 2.36. The van der Waals surface area contributed by atoms with Gasteiger partial charge in [-0.15, -0.1) is 0 Å². The summed E-state index contributed by atoms with van der Waals surface area (Å²) in [6.07, 6.45) is 0. The Kier molecular flexibility index (Phi) is 2.78. The summed E-state index contributed by atoms with van der Waals surface area (Å²) in [4.78, 5) is 0. The minimum atomic E-state index is -1.89. The van der Waals surface area contributed by atoms with Gasteiger partial charge < -0.3 is 15.3 Å². The molecule has 94 valence electrons. The molecule has 3 nitrogen and oxygen atoms in total. The number of phenolic OH excluding ortho intramolecular Hbond substituents is 3. The zero-order valence-electron chi connectivity index (χ0n) is 8.78. The number of rotatable bonds is 1. The fourth-order valence-corrected chi connectivity index (χ4v) is 1.57. The van der Waals surface area contributed by atoms with Crippen LogP contribution in [-0.2, 0) is 0 Å². The predicted octanol–water partition coefficient (Wildman–Crippen LogP) is 2.89. The highest BCUT2D eigenvalue weighted by Gasteiger charge is 2.26. The van der Waals surface area contributed by atoms with Crippen molar-refractivity contribution in [3.63, 3.8) is 0 Å². The topological polar surface area (TPSA) is 60.7 Å². The fourth-order valence-electron chi connectivity index (χ4n) is 1.57. The van der Waals surface area contributed by atoms with Crippen molar-refractivity contribution >= 4 is 0 Å². The molecule has 2 aromatic carbocycles. The van der Waals surface area contributed by atoms with Gasteiger partial charge in [-0.3, -0.25) is 0 Å². The van der Waals surface area contributed by atoms with Crippen LogP contribution in [0, 0.1) is 17.5 Å². The molecule has 0 unspecified atom stereocenters. The minimum absolute atomic E-state index is 0.262. The molecule has 3 N–H and O–H groups in total. The Morgan fingerprint density at radius 3 is 1.89 bits per heavy atom. The zero-order chi connectivity index (χ0) is 13.4. The number of para-hydroxylation sites is 1. The molecule has 0 spiro atoms. The van der Waals surface area contributed by atoms with Crippen LogP contribution in [0.2, 0.25) is 0 Å². The number of hydrogen-bond acceptors (Lipinski definition) is 3. The normalized spacial score (nSPS) is 10.6. The molecule has 0 atom stereocenters. The minimum Gasteiger partial charge on any atom is -0.507 e. The molecule has 0 radical (unpaired) electrons. The van der Waals surface area contributed by atoms with Gasteiger partial charge in [-0.1, -0.05) is 18.2 Å². The third-order valence-electron chi connectivity index (χ3n) is 2.45. The van der Waals surface area contributed by atoms with Crippen LogP contribution in [0.15, 0.2) is 24.3 Å². The summed E-state index contributed by atoms with van der Waals surface area (Å²) in [6, 6.07) is 5.18. The van der Waals surface area contributed by atoms with Crippen molar-refractivity contribution in [1.82, 2.24) is 0 Å². The van der Waals surface area contributed by atoms with E-state index in [-0.39, 0.29) is 5.56 Å². The number of aromatic hydroxyl groups is 3. The molecule has 0 aliphatic carbocycles. The Balaban J connectivity index is 2.85. The van der Waals surface area contributed by atoms with Crippen molar-refractivity contribution in [3.8, 4) is 28.4 Å². The second kappa shape index (κ2) is 4.14. The van der Waals surface area contributed by atoms with Gasteiger partial charge in [0, 0.05) is 5.56 Å². The maximum Gasteiger partial charge on any atom is 0.207 e. The molecule has 0 saturated carbocycles. The summed E-state index contributed by atoms with van der Waals surface area (Å²) in [6.45, 7) is 0.